The molecule has 0 saturated carbocycles. The zero-order valence-corrected chi connectivity index (χ0v) is 22.4. The molecule has 206 valence electrons. The topological polar surface area (TPSA) is 97.9 Å². The number of amidine groups is 1. The Bertz CT molecular complexity index is 1850. The van der Waals surface area contributed by atoms with Crippen molar-refractivity contribution in [1.82, 2.24) is 19.5 Å². The Kier molecular flexibility index (Phi) is 6.66. The SMILES string of the molecule is Cc1cccc(C)c1N1C(=O)CSC1=NN=Cc1ncc2c(ccc3c2ncn3-c2ccc(OC(F)(F)F)cc2)n1. The average Bonchev–Trinajstić information content (AvgIpc) is 3.52. The summed E-state index contributed by atoms with van der Waals surface area (Å²) >= 11 is 1.32. The van der Waals surface area contributed by atoms with Crippen LogP contribution in [0.15, 0.2) is 77.3 Å². The van der Waals surface area contributed by atoms with E-state index in [1.54, 1.807) is 28.1 Å². The molecule has 1 saturated heterocycles. The van der Waals surface area contributed by atoms with Gasteiger partial charge in [-0.2, -0.15) is 5.10 Å². The predicted octanol–water partition coefficient (Wildman–Crippen LogP) is 5.95. The zero-order chi connectivity index (χ0) is 28.7. The summed E-state index contributed by atoms with van der Waals surface area (Å²) in [7, 11) is 0. The van der Waals surface area contributed by atoms with E-state index in [1.165, 1.54) is 42.2 Å². The van der Waals surface area contributed by atoms with Gasteiger partial charge in [-0.05, 0) is 61.4 Å². The van der Waals surface area contributed by atoms with Crippen LogP contribution in [0.3, 0.4) is 0 Å². The lowest BCUT2D eigenvalue weighted by Crippen LogP contribution is -2.30. The van der Waals surface area contributed by atoms with Crippen LogP contribution in [-0.4, -0.2) is 48.9 Å². The van der Waals surface area contributed by atoms with Crippen LogP contribution >= 0.6 is 11.8 Å². The first-order valence-corrected chi connectivity index (χ1v) is 13.3. The van der Waals surface area contributed by atoms with Crippen LogP contribution < -0.4 is 9.64 Å². The van der Waals surface area contributed by atoms with Crippen molar-refractivity contribution in [3.05, 3.63) is 84.1 Å². The molecule has 41 heavy (non-hydrogen) atoms. The molecule has 6 rings (SSSR count). The summed E-state index contributed by atoms with van der Waals surface area (Å²) in [5.74, 6) is 0.245. The van der Waals surface area contributed by atoms with Gasteiger partial charge in [0.15, 0.2) is 11.0 Å². The van der Waals surface area contributed by atoms with Crippen LogP contribution in [0.5, 0.6) is 5.75 Å². The van der Waals surface area contributed by atoms with Gasteiger partial charge in [0, 0.05) is 17.3 Å². The summed E-state index contributed by atoms with van der Waals surface area (Å²) in [4.78, 5) is 27.6. The van der Waals surface area contributed by atoms with Crippen molar-refractivity contribution < 1.29 is 22.7 Å². The Morgan fingerprint density at radius 2 is 1.78 bits per heavy atom. The summed E-state index contributed by atoms with van der Waals surface area (Å²) in [6.07, 6.45) is -0.120. The standard InChI is InChI=1S/C28H20F3N7O2S/c1-16-4-3-5-17(2)26(16)38-24(39)14-41-27(38)36-34-13-23-32-12-20-21(35-23)10-11-22-25(20)33-15-37(22)18-6-8-19(9-7-18)40-28(29,30)31/h3-13,15H,14H2,1-2H3. The molecule has 0 radical (unpaired) electrons. The number of imidazole rings is 1. The number of aromatic nitrogens is 4. The highest BCUT2D eigenvalue weighted by Gasteiger charge is 2.32. The Morgan fingerprint density at radius 3 is 2.51 bits per heavy atom. The van der Waals surface area contributed by atoms with Gasteiger partial charge in [0.05, 0.1) is 34.2 Å². The third-order valence-corrected chi connectivity index (χ3v) is 7.30. The minimum Gasteiger partial charge on any atom is -0.406 e. The average molecular weight is 576 g/mol. The molecule has 2 aromatic heterocycles. The molecule has 1 fully saturated rings. The number of amides is 1. The second-order valence-electron chi connectivity index (χ2n) is 9.14. The highest BCUT2D eigenvalue weighted by atomic mass is 32.2. The summed E-state index contributed by atoms with van der Waals surface area (Å²) in [5, 5.41) is 9.62. The lowest BCUT2D eigenvalue weighted by molar-refractivity contribution is -0.274. The number of anilines is 1. The Hall–Kier alpha value is -4.78. The van der Waals surface area contributed by atoms with E-state index in [4.69, 9.17) is 0 Å². The van der Waals surface area contributed by atoms with Crippen molar-refractivity contribution in [3.63, 3.8) is 0 Å². The van der Waals surface area contributed by atoms with Crippen molar-refractivity contribution in [2.24, 2.45) is 10.2 Å². The monoisotopic (exact) mass is 575 g/mol. The number of hydrogen-bond donors (Lipinski definition) is 0. The number of aryl methyl sites for hydroxylation is 2. The minimum atomic E-state index is -4.76. The number of fused-ring (bicyclic) bond motifs is 3. The van der Waals surface area contributed by atoms with E-state index in [-0.39, 0.29) is 17.4 Å². The normalized spacial score (nSPS) is 15.2. The van der Waals surface area contributed by atoms with Gasteiger partial charge < -0.3 is 4.74 Å². The van der Waals surface area contributed by atoms with Crippen LogP contribution in [0.2, 0.25) is 0 Å². The van der Waals surface area contributed by atoms with Gasteiger partial charge in [-0.25, -0.2) is 15.0 Å². The lowest BCUT2D eigenvalue weighted by Gasteiger charge is -2.20. The maximum atomic E-state index is 12.6. The number of nitrogens with zero attached hydrogens (tertiary/aromatic N) is 7. The number of benzene rings is 3. The maximum absolute atomic E-state index is 12.6. The quantitative estimate of drug-likeness (QED) is 0.190. The molecule has 0 N–H and O–H groups in total. The van der Waals surface area contributed by atoms with Gasteiger partial charge in [0.1, 0.15) is 12.1 Å². The summed E-state index contributed by atoms with van der Waals surface area (Å²) in [5.41, 5.74) is 5.35. The molecule has 1 aliphatic heterocycles. The fraction of sp³-hybridized carbons (Fsp3) is 0.143. The summed E-state index contributed by atoms with van der Waals surface area (Å²) in [6, 6.07) is 15.0. The van der Waals surface area contributed by atoms with E-state index in [0.29, 0.717) is 33.1 Å². The maximum Gasteiger partial charge on any atom is 0.573 e. The fourth-order valence-electron chi connectivity index (χ4n) is 4.62. The number of hydrogen-bond acceptors (Lipinski definition) is 8. The first kappa shape index (κ1) is 26.4. The highest BCUT2D eigenvalue weighted by molar-refractivity contribution is 8.15. The Balaban J connectivity index is 1.26. The van der Waals surface area contributed by atoms with E-state index >= 15 is 0 Å². The Labute approximate surface area is 235 Å². The summed E-state index contributed by atoms with van der Waals surface area (Å²) in [6.45, 7) is 3.90. The first-order valence-electron chi connectivity index (χ1n) is 12.3. The number of para-hydroxylation sites is 1. The van der Waals surface area contributed by atoms with Crippen molar-refractivity contribution >= 4 is 56.7 Å². The van der Waals surface area contributed by atoms with E-state index in [1.807, 2.05) is 38.1 Å². The minimum absolute atomic E-state index is 0.0580. The van der Waals surface area contributed by atoms with E-state index < -0.39 is 6.36 Å². The van der Waals surface area contributed by atoms with Crippen molar-refractivity contribution in [2.45, 2.75) is 20.2 Å². The molecule has 1 amide bonds. The molecule has 0 aliphatic carbocycles. The molecule has 0 unspecified atom stereocenters. The van der Waals surface area contributed by atoms with Crippen LogP contribution in [-0.2, 0) is 4.79 Å². The van der Waals surface area contributed by atoms with Crippen LogP contribution in [0.25, 0.3) is 27.6 Å². The van der Waals surface area contributed by atoms with Crippen molar-refractivity contribution in [3.8, 4) is 11.4 Å². The lowest BCUT2D eigenvalue weighted by atomic mass is 10.1. The number of ether oxygens (including phenoxy) is 1. The number of carbonyl (C=O) groups is 1. The zero-order valence-electron chi connectivity index (χ0n) is 21.6. The molecule has 3 aromatic carbocycles. The second kappa shape index (κ2) is 10.3. The third kappa shape index (κ3) is 5.23. The predicted molar refractivity (Wildman–Crippen MR) is 152 cm³/mol. The number of carbonyl (C=O) groups excluding carboxylic acids is 1. The highest BCUT2D eigenvalue weighted by Crippen LogP contribution is 2.32. The molecular formula is C28H20F3N7O2S. The van der Waals surface area contributed by atoms with Gasteiger partial charge in [-0.1, -0.05) is 30.0 Å². The molecule has 0 spiro atoms. The van der Waals surface area contributed by atoms with E-state index in [0.717, 1.165) is 22.3 Å². The molecule has 13 heteroatoms. The largest absolute Gasteiger partial charge is 0.573 e. The molecule has 1 aliphatic rings. The number of halogens is 3. The fourth-order valence-corrected chi connectivity index (χ4v) is 5.43. The molecular weight excluding hydrogens is 555 g/mol. The van der Waals surface area contributed by atoms with Crippen LogP contribution in [0.1, 0.15) is 17.0 Å². The number of rotatable bonds is 5. The van der Waals surface area contributed by atoms with Gasteiger partial charge >= 0.3 is 6.36 Å². The molecule has 0 bridgehead atoms. The van der Waals surface area contributed by atoms with Crippen LogP contribution in [0.4, 0.5) is 18.9 Å². The molecule has 0 atom stereocenters. The second-order valence-corrected chi connectivity index (χ2v) is 10.1. The molecule has 3 heterocycles. The molecule has 9 nitrogen and oxygen atoms in total. The van der Waals surface area contributed by atoms with Gasteiger partial charge in [-0.15, -0.1) is 18.3 Å². The Morgan fingerprint density at radius 1 is 1.02 bits per heavy atom. The smallest absolute Gasteiger partial charge is 0.406 e. The number of alkyl halides is 3. The third-order valence-electron chi connectivity index (χ3n) is 6.39. The first-order chi connectivity index (χ1) is 19.7. The van der Waals surface area contributed by atoms with Crippen LogP contribution in [0, 0.1) is 13.8 Å². The van der Waals surface area contributed by atoms with Crippen molar-refractivity contribution in [2.75, 3.05) is 10.7 Å². The molecule has 5 aromatic rings. The van der Waals surface area contributed by atoms with Gasteiger partial charge in [0.25, 0.3) is 0 Å². The summed E-state index contributed by atoms with van der Waals surface area (Å²) < 4.78 is 43.1. The number of thioether (sulfide) groups is 1. The van der Waals surface area contributed by atoms with Gasteiger partial charge in [0.2, 0.25) is 5.91 Å². The van der Waals surface area contributed by atoms with Gasteiger partial charge in [-0.3, -0.25) is 14.3 Å². The van der Waals surface area contributed by atoms with Crippen molar-refractivity contribution in [1.29, 1.82) is 0 Å². The van der Waals surface area contributed by atoms with E-state index in [2.05, 4.69) is 29.9 Å². The van der Waals surface area contributed by atoms with E-state index in [9.17, 15) is 18.0 Å².